The van der Waals surface area contributed by atoms with Gasteiger partial charge in [-0.2, -0.15) is 0 Å². The number of nitrogens with zero attached hydrogens (tertiary/aromatic N) is 3. The minimum Gasteiger partial charge on any atom is -0.260 e. The lowest BCUT2D eigenvalue weighted by molar-refractivity contribution is 0.403. The van der Waals surface area contributed by atoms with E-state index in [0.717, 1.165) is 52.4 Å². The molecule has 0 bridgehead atoms. The summed E-state index contributed by atoms with van der Waals surface area (Å²) in [5.41, 5.74) is 12.4. The summed E-state index contributed by atoms with van der Waals surface area (Å²) in [5, 5.41) is 0.661. The molecular weight excluding hydrogens is 615 g/mol. The van der Waals surface area contributed by atoms with Crippen LogP contribution in [0.1, 0.15) is 42.4 Å². The van der Waals surface area contributed by atoms with Gasteiger partial charge in [0, 0.05) is 39.0 Å². The molecule has 0 N–H and O–H groups in total. The second-order valence-electron chi connectivity index (χ2n) is 13.1. The predicted octanol–water partition coefficient (Wildman–Crippen LogP) is 11.7. The van der Waals surface area contributed by atoms with Crippen LogP contribution in [0.25, 0.3) is 56.2 Å². The van der Waals surface area contributed by atoms with Crippen LogP contribution < -0.4 is 0 Å². The summed E-state index contributed by atoms with van der Waals surface area (Å²) in [4.78, 5) is 17.0. The Bertz CT molecular complexity index is 2250. The van der Waals surface area contributed by atoms with Gasteiger partial charge in [0.05, 0.1) is 17.1 Å². The van der Waals surface area contributed by atoms with E-state index in [-0.39, 0.29) is 0 Å². The van der Waals surface area contributed by atoms with E-state index in [1.54, 1.807) is 0 Å². The van der Waals surface area contributed by atoms with Crippen molar-refractivity contribution in [1.82, 2.24) is 15.0 Å². The molecule has 0 saturated heterocycles. The largest absolute Gasteiger partial charge is 0.260 e. The molecule has 1 saturated carbocycles. The van der Waals surface area contributed by atoms with E-state index in [9.17, 15) is 0 Å². The van der Waals surface area contributed by atoms with Crippen LogP contribution in [0.2, 0.25) is 0 Å². The number of hydrogen-bond acceptors (Lipinski definition) is 4. The van der Waals surface area contributed by atoms with Gasteiger partial charge in [0.15, 0.2) is 5.82 Å². The van der Waals surface area contributed by atoms with Gasteiger partial charge in [-0.3, -0.25) is 4.98 Å². The lowest BCUT2D eigenvalue weighted by Gasteiger charge is -2.32. The van der Waals surface area contributed by atoms with Crippen LogP contribution >= 0.6 is 11.8 Å². The van der Waals surface area contributed by atoms with Crippen molar-refractivity contribution in [2.24, 2.45) is 0 Å². The molecule has 3 unspecified atom stereocenters. The molecule has 2 aliphatic rings. The van der Waals surface area contributed by atoms with Crippen LogP contribution in [0.15, 0.2) is 163 Å². The minimum atomic E-state index is 0.373. The van der Waals surface area contributed by atoms with Crippen molar-refractivity contribution in [2.75, 3.05) is 0 Å². The Morgan fingerprint density at radius 2 is 1.18 bits per heavy atom. The van der Waals surface area contributed by atoms with Crippen molar-refractivity contribution in [3.63, 3.8) is 0 Å². The summed E-state index contributed by atoms with van der Waals surface area (Å²) in [7, 11) is 0. The number of fused-ring (bicyclic) bond motifs is 3. The highest BCUT2D eigenvalue weighted by molar-refractivity contribution is 8.00. The number of rotatable bonds is 6. The molecule has 4 heteroatoms. The molecule has 236 valence electrons. The lowest BCUT2D eigenvalue weighted by atomic mass is 9.75. The molecule has 2 aromatic heterocycles. The van der Waals surface area contributed by atoms with Crippen molar-refractivity contribution >= 4 is 11.8 Å². The zero-order valence-electron chi connectivity index (χ0n) is 27.1. The summed E-state index contributed by atoms with van der Waals surface area (Å²) < 4.78 is 0. The first-order valence-electron chi connectivity index (χ1n) is 17.2. The summed E-state index contributed by atoms with van der Waals surface area (Å²) >= 11 is 2.07. The van der Waals surface area contributed by atoms with Gasteiger partial charge in [-0.15, -0.1) is 11.8 Å². The molecule has 1 fully saturated rings. The van der Waals surface area contributed by atoms with Crippen molar-refractivity contribution in [3.8, 4) is 56.2 Å². The average Bonchev–Trinajstić information content (AvgIpc) is 3.56. The number of hydrogen-bond donors (Lipinski definition) is 0. The third-order valence-corrected chi connectivity index (χ3v) is 11.6. The quantitative estimate of drug-likeness (QED) is 0.180. The first-order chi connectivity index (χ1) is 24.3. The number of thioether (sulfide) groups is 1. The van der Waals surface area contributed by atoms with E-state index in [1.807, 2.05) is 12.3 Å². The summed E-state index contributed by atoms with van der Waals surface area (Å²) in [5.74, 6) is 1.66. The van der Waals surface area contributed by atoms with E-state index in [4.69, 9.17) is 15.0 Å². The fourth-order valence-electron chi connectivity index (χ4n) is 7.76. The SMILES string of the molecule is c1ccc(-c2nc(-c3ccc(-c4ccccc4)c(-c4ccccc4)c3)cc(-c3cccnc3C3CCC4Sc5ccccc5C4C3)n2)cc1. The fourth-order valence-corrected chi connectivity index (χ4v) is 9.27. The molecular formula is C45H35N3S. The van der Waals surface area contributed by atoms with E-state index >= 15 is 0 Å². The Morgan fingerprint density at radius 1 is 0.510 bits per heavy atom. The Balaban J connectivity index is 1.17. The third-order valence-electron chi connectivity index (χ3n) is 10.1. The zero-order valence-corrected chi connectivity index (χ0v) is 27.9. The first kappa shape index (κ1) is 29.8. The normalized spacial score (nSPS) is 18.1. The highest BCUT2D eigenvalue weighted by Gasteiger charge is 2.39. The van der Waals surface area contributed by atoms with Gasteiger partial charge in [-0.05, 0) is 83.3 Å². The molecule has 49 heavy (non-hydrogen) atoms. The van der Waals surface area contributed by atoms with E-state index in [0.29, 0.717) is 17.1 Å². The topological polar surface area (TPSA) is 38.7 Å². The predicted molar refractivity (Wildman–Crippen MR) is 202 cm³/mol. The van der Waals surface area contributed by atoms with Gasteiger partial charge in [-0.25, -0.2) is 9.97 Å². The van der Waals surface area contributed by atoms with Crippen molar-refractivity contribution in [3.05, 3.63) is 169 Å². The van der Waals surface area contributed by atoms with E-state index < -0.39 is 0 Å². The van der Waals surface area contributed by atoms with Crippen molar-refractivity contribution in [1.29, 1.82) is 0 Å². The van der Waals surface area contributed by atoms with Crippen LogP contribution in [0.4, 0.5) is 0 Å². The van der Waals surface area contributed by atoms with Crippen LogP contribution in [-0.2, 0) is 0 Å². The maximum atomic E-state index is 5.25. The molecule has 0 radical (unpaired) electrons. The Morgan fingerprint density at radius 3 is 1.96 bits per heavy atom. The second-order valence-corrected chi connectivity index (χ2v) is 14.3. The summed E-state index contributed by atoms with van der Waals surface area (Å²) in [6.07, 6.45) is 5.41. The van der Waals surface area contributed by atoms with E-state index in [1.165, 1.54) is 39.1 Å². The molecule has 3 heterocycles. The van der Waals surface area contributed by atoms with Crippen LogP contribution in [0.5, 0.6) is 0 Å². The molecule has 1 aliphatic carbocycles. The molecule has 5 aromatic carbocycles. The van der Waals surface area contributed by atoms with Gasteiger partial charge in [0.25, 0.3) is 0 Å². The highest BCUT2D eigenvalue weighted by atomic mass is 32.2. The Kier molecular flexibility index (Phi) is 7.87. The van der Waals surface area contributed by atoms with Gasteiger partial charge >= 0.3 is 0 Å². The molecule has 9 rings (SSSR count). The highest BCUT2D eigenvalue weighted by Crippen LogP contribution is 2.55. The fraction of sp³-hybridized carbons (Fsp3) is 0.133. The maximum Gasteiger partial charge on any atom is 0.160 e. The molecule has 3 atom stereocenters. The number of benzene rings is 5. The molecule has 7 aromatic rings. The van der Waals surface area contributed by atoms with Crippen LogP contribution in [-0.4, -0.2) is 20.2 Å². The minimum absolute atomic E-state index is 0.373. The second kappa shape index (κ2) is 12.9. The smallest absolute Gasteiger partial charge is 0.160 e. The zero-order chi connectivity index (χ0) is 32.6. The summed E-state index contributed by atoms with van der Waals surface area (Å²) in [6, 6.07) is 53.8. The molecule has 3 nitrogen and oxygen atoms in total. The molecule has 1 aliphatic heterocycles. The molecule has 0 spiro atoms. The van der Waals surface area contributed by atoms with Gasteiger partial charge in [0.1, 0.15) is 0 Å². The Labute approximate surface area is 292 Å². The first-order valence-corrected chi connectivity index (χ1v) is 18.1. The number of pyridine rings is 1. The lowest BCUT2D eigenvalue weighted by Crippen LogP contribution is -2.22. The van der Waals surface area contributed by atoms with Crippen molar-refractivity contribution in [2.45, 2.75) is 41.2 Å². The van der Waals surface area contributed by atoms with E-state index in [2.05, 4.69) is 157 Å². The van der Waals surface area contributed by atoms with Gasteiger partial charge < -0.3 is 0 Å². The van der Waals surface area contributed by atoms with Crippen LogP contribution in [0.3, 0.4) is 0 Å². The summed E-state index contributed by atoms with van der Waals surface area (Å²) in [6.45, 7) is 0. The van der Waals surface area contributed by atoms with Gasteiger partial charge in [-0.1, -0.05) is 121 Å². The molecule has 0 amide bonds. The third kappa shape index (κ3) is 5.77. The Hall–Kier alpha value is -5.32. The average molecular weight is 650 g/mol. The maximum absolute atomic E-state index is 5.25. The standard InChI is InChI=1S/C45H35N3S/c1-4-13-30(14-5-1)35-24-22-33(27-38(35)31-15-6-2-7-16-31)40-29-41(48-45(47-40)32-17-8-3-9-18-32)37-20-12-26-46-44(37)34-23-25-43-39(28-34)36-19-10-11-21-42(36)49-43/h1-22,24,26-27,29,34,39,43H,23,25,28H2. The van der Waals surface area contributed by atoms with Crippen molar-refractivity contribution < 1.29 is 0 Å². The monoisotopic (exact) mass is 649 g/mol. The number of aromatic nitrogens is 3. The van der Waals surface area contributed by atoms with Crippen LogP contribution in [0, 0.1) is 0 Å². The van der Waals surface area contributed by atoms with Gasteiger partial charge in [0.2, 0.25) is 0 Å².